The number of hydrogen-bond donors (Lipinski definition) is 1. The van der Waals surface area contributed by atoms with E-state index in [1.807, 2.05) is 12.1 Å². The molecule has 0 saturated carbocycles. The molecule has 0 radical (unpaired) electrons. The molecule has 96 valence electrons. The minimum Gasteiger partial charge on any atom is -0.383 e. The molecule has 0 bridgehead atoms. The second-order valence-corrected chi connectivity index (χ2v) is 5.16. The third-order valence-electron chi connectivity index (χ3n) is 2.56. The van der Waals surface area contributed by atoms with Gasteiger partial charge >= 0.3 is 0 Å². The van der Waals surface area contributed by atoms with Gasteiger partial charge in [0.1, 0.15) is 5.82 Å². The van der Waals surface area contributed by atoms with Crippen LogP contribution >= 0.6 is 15.9 Å². The fourth-order valence-corrected chi connectivity index (χ4v) is 1.99. The van der Waals surface area contributed by atoms with Gasteiger partial charge in [-0.25, -0.2) is 4.39 Å². The van der Waals surface area contributed by atoms with Crippen molar-refractivity contribution in [3.05, 3.63) is 34.1 Å². The number of halogens is 2. The largest absolute Gasteiger partial charge is 0.383 e. The second-order valence-electron chi connectivity index (χ2n) is 4.24. The lowest BCUT2D eigenvalue weighted by Crippen LogP contribution is -2.25. The van der Waals surface area contributed by atoms with Gasteiger partial charge in [-0.1, -0.05) is 28.9 Å². The van der Waals surface area contributed by atoms with Crippen molar-refractivity contribution in [2.24, 2.45) is 5.92 Å². The standard InChI is InChI=1S/C13H19BrFNO/c1-10(9-16-5-6-17-2)7-11-3-4-12(14)8-13(11)15/h3-4,8,10,16H,5-7,9H2,1-2H3. The monoisotopic (exact) mass is 303 g/mol. The molecule has 1 rings (SSSR count). The van der Waals surface area contributed by atoms with E-state index in [2.05, 4.69) is 28.2 Å². The lowest BCUT2D eigenvalue weighted by Gasteiger charge is -2.13. The quantitative estimate of drug-likeness (QED) is 0.782. The summed E-state index contributed by atoms with van der Waals surface area (Å²) >= 11 is 3.26. The van der Waals surface area contributed by atoms with Gasteiger partial charge in [0.2, 0.25) is 0 Å². The van der Waals surface area contributed by atoms with Gasteiger partial charge in [0.05, 0.1) is 6.61 Å². The van der Waals surface area contributed by atoms with Crippen molar-refractivity contribution in [2.75, 3.05) is 26.8 Å². The third-order valence-corrected chi connectivity index (χ3v) is 3.05. The van der Waals surface area contributed by atoms with Crippen LogP contribution in [-0.2, 0) is 11.2 Å². The molecular weight excluding hydrogens is 285 g/mol. The highest BCUT2D eigenvalue weighted by atomic mass is 79.9. The van der Waals surface area contributed by atoms with Crippen molar-refractivity contribution < 1.29 is 9.13 Å². The van der Waals surface area contributed by atoms with E-state index in [-0.39, 0.29) is 5.82 Å². The highest BCUT2D eigenvalue weighted by molar-refractivity contribution is 9.10. The van der Waals surface area contributed by atoms with Crippen molar-refractivity contribution >= 4 is 15.9 Å². The molecule has 17 heavy (non-hydrogen) atoms. The zero-order valence-electron chi connectivity index (χ0n) is 10.3. The molecule has 1 unspecified atom stereocenters. The maximum Gasteiger partial charge on any atom is 0.127 e. The Balaban J connectivity index is 2.37. The Morgan fingerprint density at radius 3 is 2.88 bits per heavy atom. The summed E-state index contributed by atoms with van der Waals surface area (Å²) in [6, 6.07) is 5.23. The summed E-state index contributed by atoms with van der Waals surface area (Å²) in [5, 5.41) is 3.28. The number of nitrogens with one attached hydrogen (secondary N) is 1. The summed E-state index contributed by atoms with van der Waals surface area (Å²) in [4.78, 5) is 0. The first-order chi connectivity index (χ1) is 8.13. The molecule has 0 amide bonds. The Bertz CT molecular complexity index is 346. The molecule has 1 aromatic carbocycles. The number of methoxy groups -OCH3 is 1. The molecule has 1 N–H and O–H groups in total. The number of hydrogen-bond acceptors (Lipinski definition) is 2. The highest BCUT2D eigenvalue weighted by Crippen LogP contribution is 2.17. The van der Waals surface area contributed by atoms with Crippen LogP contribution in [-0.4, -0.2) is 26.8 Å². The van der Waals surface area contributed by atoms with Crippen molar-refractivity contribution in [3.63, 3.8) is 0 Å². The van der Waals surface area contributed by atoms with Gasteiger partial charge in [0.15, 0.2) is 0 Å². The van der Waals surface area contributed by atoms with Crippen molar-refractivity contribution in [3.8, 4) is 0 Å². The molecule has 2 nitrogen and oxygen atoms in total. The summed E-state index contributed by atoms with van der Waals surface area (Å²) in [5.74, 6) is 0.269. The van der Waals surface area contributed by atoms with E-state index in [1.165, 1.54) is 6.07 Å². The van der Waals surface area contributed by atoms with Crippen LogP contribution in [0, 0.1) is 11.7 Å². The lowest BCUT2D eigenvalue weighted by atomic mass is 10.0. The molecule has 0 aliphatic carbocycles. The molecule has 0 aliphatic rings. The van der Waals surface area contributed by atoms with E-state index in [9.17, 15) is 4.39 Å². The first-order valence-corrected chi connectivity index (χ1v) is 6.56. The molecule has 0 aromatic heterocycles. The van der Waals surface area contributed by atoms with Gasteiger partial charge in [-0.2, -0.15) is 0 Å². The number of benzene rings is 1. The van der Waals surface area contributed by atoms with Gasteiger partial charge < -0.3 is 10.1 Å². The second kappa shape index (κ2) is 7.80. The van der Waals surface area contributed by atoms with Gasteiger partial charge in [-0.3, -0.25) is 0 Å². The minimum atomic E-state index is -0.136. The van der Waals surface area contributed by atoms with Gasteiger partial charge in [0, 0.05) is 18.1 Å². The van der Waals surface area contributed by atoms with Crippen molar-refractivity contribution in [2.45, 2.75) is 13.3 Å². The Kier molecular flexibility index (Phi) is 6.70. The van der Waals surface area contributed by atoms with Gasteiger partial charge in [0.25, 0.3) is 0 Å². The highest BCUT2D eigenvalue weighted by Gasteiger charge is 2.08. The average molecular weight is 304 g/mol. The summed E-state index contributed by atoms with van der Waals surface area (Å²) in [5.41, 5.74) is 0.772. The Morgan fingerprint density at radius 1 is 1.47 bits per heavy atom. The van der Waals surface area contributed by atoms with Gasteiger partial charge in [-0.15, -0.1) is 0 Å². The van der Waals surface area contributed by atoms with Crippen molar-refractivity contribution in [1.82, 2.24) is 5.32 Å². The normalized spacial score (nSPS) is 12.7. The van der Waals surface area contributed by atoms with Crippen LogP contribution < -0.4 is 5.32 Å². The van der Waals surface area contributed by atoms with Crippen LogP contribution in [0.3, 0.4) is 0 Å². The summed E-state index contributed by atoms with van der Waals surface area (Å²) in [6.45, 7) is 4.53. The number of rotatable bonds is 7. The Hall–Kier alpha value is -0.450. The van der Waals surface area contributed by atoms with Crippen molar-refractivity contribution in [1.29, 1.82) is 0 Å². The predicted molar refractivity (Wildman–Crippen MR) is 71.7 cm³/mol. The molecule has 0 fully saturated rings. The third kappa shape index (κ3) is 5.61. The average Bonchev–Trinajstić information content (AvgIpc) is 2.28. The first kappa shape index (κ1) is 14.6. The summed E-state index contributed by atoms with van der Waals surface area (Å²) in [7, 11) is 1.68. The van der Waals surface area contributed by atoms with Crippen LogP contribution in [0.4, 0.5) is 4.39 Å². The summed E-state index contributed by atoms with van der Waals surface area (Å²) < 4.78 is 19.3. The zero-order valence-corrected chi connectivity index (χ0v) is 11.9. The van der Waals surface area contributed by atoms with E-state index >= 15 is 0 Å². The molecule has 1 aromatic rings. The molecule has 0 heterocycles. The topological polar surface area (TPSA) is 21.3 Å². The van der Waals surface area contributed by atoms with Gasteiger partial charge in [-0.05, 0) is 36.6 Å². The molecule has 1 atom stereocenters. The zero-order chi connectivity index (χ0) is 12.7. The molecule has 0 aliphatic heterocycles. The molecule has 0 saturated heterocycles. The first-order valence-electron chi connectivity index (χ1n) is 5.77. The van der Waals surface area contributed by atoms with E-state index in [4.69, 9.17) is 4.74 Å². The smallest absolute Gasteiger partial charge is 0.127 e. The predicted octanol–water partition coefficient (Wildman–Crippen LogP) is 3.00. The van der Waals surface area contributed by atoms with E-state index in [1.54, 1.807) is 7.11 Å². The van der Waals surface area contributed by atoms with Crippen LogP contribution in [0.15, 0.2) is 22.7 Å². The van der Waals surface area contributed by atoms with Crippen LogP contribution in [0.25, 0.3) is 0 Å². The molecule has 4 heteroatoms. The van der Waals surface area contributed by atoms with Crippen LogP contribution in [0.2, 0.25) is 0 Å². The van der Waals surface area contributed by atoms with Crippen LogP contribution in [0.1, 0.15) is 12.5 Å². The fourth-order valence-electron chi connectivity index (χ4n) is 1.66. The SMILES string of the molecule is COCCNCC(C)Cc1ccc(Br)cc1F. The van der Waals surface area contributed by atoms with E-state index in [0.29, 0.717) is 12.5 Å². The Morgan fingerprint density at radius 2 is 2.24 bits per heavy atom. The molecule has 0 spiro atoms. The lowest BCUT2D eigenvalue weighted by molar-refractivity contribution is 0.198. The maximum absolute atomic E-state index is 13.6. The fraction of sp³-hybridized carbons (Fsp3) is 0.538. The Labute approximate surface area is 111 Å². The van der Waals surface area contributed by atoms with Crippen LogP contribution in [0.5, 0.6) is 0 Å². The van der Waals surface area contributed by atoms with E-state index in [0.717, 1.165) is 29.5 Å². The number of ether oxygens (including phenoxy) is 1. The summed E-state index contributed by atoms with van der Waals surface area (Å²) in [6.07, 6.45) is 0.749. The minimum absolute atomic E-state index is 0.136. The van der Waals surface area contributed by atoms with E-state index < -0.39 is 0 Å². The molecular formula is C13H19BrFNO. The maximum atomic E-state index is 13.6.